The molecule has 2 heteroatoms. The summed E-state index contributed by atoms with van der Waals surface area (Å²) in [5.74, 6) is -0.0256. The van der Waals surface area contributed by atoms with Crippen LogP contribution in [0.15, 0.2) is 47.6 Å². The van der Waals surface area contributed by atoms with Gasteiger partial charge >= 0.3 is 0 Å². The minimum absolute atomic E-state index is 0.0256. The minimum atomic E-state index is -0.648. The smallest absolute Gasteiger partial charge is 0.192 e. The number of aliphatic hydroxyl groups is 1. The first-order chi connectivity index (χ1) is 9.72. The van der Waals surface area contributed by atoms with Crippen molar-refractivity contribution in [3.05, 3.63) is 58.7 Å². The Kier molecular flexibility index (Phi) is 3.41. The SMILES string of the molecule is CCCCC(O)C1=CC=C2C(=Cc3ccccc32)C1=O. The van der Waals surface area contributed by atoms with E-state index in [1.165, 1.54) is 0 Å². The van der Waals surface area contributed by atoms with E-state index in [9.17, 15) is 9.90 Å². The molecule has 1 atom stereocenters. The van der Waals surface area contributed by atoms with E-state index >= 15 is 0 Å². The fourth-order valence-electron chi connectivity index (χ4n) is 2.83. The lowest BCUT2D eigenvalue weighted by molar-refractivity contribution is -0.112. The number of benzene rings is 1. The quantitative estimate of drug-likeness (QED) is 0.905. The zero-order chi connectivity index (χ0) is 14.1. The summed E-state index contributed by atoms with van der Waals surface area (Å²) in [6.07, 6.45) is 7.64. The predicted octanol–water partition coefficient (Wildman–Crippen LogP) is 3.53. The van der Waals surface area contributed by atoms with E-state index in [2.05, 4.69) is 6.92 Å². The number of carbonyl (C=O) groups is 1. The van der Waals surface area contributed by atoms with Crippen molar-refractivity contribution in [2.45, 2.75) is 32.3 Å². The maximum atomic E-state index is 12.5. The summed E-state index contributed by atoms with van der Waals surface area (Å²) in [7, 11) is 0. The number of Topliss-reactive ketones (excluding diaryl/α,β-unsaturated/α-hetero) is 1. The van der Waals surface area contributed by atoms with Crippen LogP contribution < -0.4 is 0 Å². The van der Waals surface area contributed by atoms with Crippen molar-refractivity contribution in [3.8, 4) is 0 Å². The van der Waals surface area contributed by atoms with Gasteiger partial charge < -0.3 is 5.11 Å². The first kappa shape index (κ1) is 13.1. The molecule has 0 aliphatic heterocycles. The Balaban J connectivity index is 1.93. The maximum Gasteiger partial charge on any atom is 0.192 e. The van der Waals surface area contributed by atoms with E-state index < -0.39 is 6.10 Å². The summed E-state index contributed by atoms with van der Waals surface area (Å²) < 4.78 is 0. The van der Waals surface area contributed by atoms with Gasteiger partial charge in [0.25, 0.3) is 0 Å². The third kappa shape index (κ3) is 2.06. The number of unbranched alkanes of at least 4 members (excludes halogenated alkanes) is 1. The van der Waals surface area contributed by atoms with Crippen LogP contribution in [0.25, 0.3) is 11.6 Å². The molecule has 3 rings (SSSR count). The van der Waals surface area contributed by atoms with Gasteiger partial charge in [-0.05, 0) is 29.2 Å². The zero-order valence-corrected chi connectivity index (χ0v) is 11.6. The molecule has 0 saturated carbocycles. The van der Waals surface area contributed by atoms with Crippen LogP contribution in [0, 0.1) is 0 Å². The fourth-order valence-corrected chi connectivity index (χ4v) is 2.83. The molecule has 0 fully saturated rings. The summed E-state index contributed by atoms with van der Waals surface area (Å²) in [6, 6.07) is 8.01. The number of ketones is 1. The molecule has 2 nitrogen and oxygen atoms in total. The Bertz CT molecular complexity index is 647. The molecule has 0 radical (unpaired) electrons. The molecule has 1 aromatic rings. The number of fused-ring (bicyclic) bond motifs is 3. The second-order valence-electron chi connectivity index (χ2n) is 5.33. The molecule has 102 valence electrons. The second kappa shape index (κ2) is 5.22. The molecule has 0 saturated heterocycles. The average molecular weight is 266 g/mol. The van der Waals surface area contributed by atoms with Gasteiger partial charge in [-0.15, -0.1) is 0 Å². The fraction of sp³-hybridized carbons (Fsp3) is 0.278. The Hall–Kier alpha value is -1.93. The van der Waals surface area contributed by atoms with E-state index in [-0.39, 0.29) is 5.78 Å². The van der Waals surface area contributed by atoms with Crippen molar-refractivity contribution in [1.29, 1.82) is 0 Å². The molecule has 1 unspecified atom stereocenters. The highest BCUT2D eigenvalue weighted by molar-refractivity contribution is 6.26. The lowest BCUT2D eigenvalue weighted by Gasteiger charge is -2.18. The first-order valence-corrected chi connectivity index (χ1v) is 7.18. The van der Waals surface area contributed by atoms with Gasteiger partial charge in [0.2, 0.25) is 0 Å². The zero-order valence-electron chi connectivity index (χ0n) is 11.6. The lowest BCUT2D eigenvalue weighted by Crippen LogP contribution is -2.21. The molecular weight excluding hydrogens is 248 g/mol. The van der Waals surface area contributed by atoms with E-state index in [0.717, 1.165) is 35.1 Å². The van der Waals surface area contributed by atoms with Gasteiger partial charge in [0.05, 0.1) is 6.10 Å². The van der Waals surface area contributed by atoms with E-state index in [4.69, 9.17) is 0 Å². The number of allylic oxidation sites excluding steroid dienone is 4. The molecule has 2 aliphatic rings. The second-order valence-corrected chi connectivity index (χ2v) is 5.33. The van der Waals surface area contributed by atoms with Gasteiger partial charge in [-0.25, -0.2) is 0 Å². The number of carbonyl (C=O) groups excluding carboxylic acids is 1. The largest absolute Gasteiger partial charge is 0.388 e. The standard InChI is InChI=1S/C18H18O2/c1-2-3-8-17(19)15-10-9-14-13-7-5-4-6-12(13)11-16(14)18(15)20/h4-7,9-11,17,19H,2-3,8H2,1H3. The molecule has 0 aromatic heterocycles. The van der Waals surface area contributed by atoms with Gasteiger partial charge in [-0.3, -0.25) is 4.79 Å². The predicted molar refractivity (Wildman–Crippen MR) is 81.0 cm³/mol. The van der Waals surface area contributed by atoms with Gasteiger partial charge in [-0.2, -0.15) is 0 Å². The molecule has 0 amide bonds. The first-order valence-electron chi connectivity index (χ1n) is 7.18. The van der Waals surface area contributed by atoms with Gasteiger partial charge in [-0.1, -0.05) is 56.2 Å². The highest BCUT2D eigenvalue weighted by Crippen LogP contribution is 2.39. The van der Waals surface area contributed by atoms with Crippen molar-refractivity contribution in [1.82, 2.24) is 0 Å². The van der Waals surface area contributed by atoms with Crippen LogP contribution in [-0.2, 0) is 4.79 Å². The van der Waals surface area contributed by atoms with E-state index in [0.29, 0.717) is 12.0 Å². The highest BCUT2D eigenvalue weighted by atomic mass is 16.3. The molecule has 1 aromatic carbocycles. The van der Waals surface area contributed by atoms with Crippen molar-refractivity contribution < 1.29 is 9.90 Å². The molecule has 1 N–H and O–H groups in total. The highest BCUT2D eigenvalue weighted by Gasteiger charge is 2.30. The summed E-state index contributed by atoms with van der Waals surface area (Å²) in [6.45, 7) is 2.08. The number of hydrogen-bond donors (Lipinski definition) is 1. The van der Waals surface area contributed by atoms with Crippen LogP contribution in [-0.4, -0.2) is 17.0 Å². The normalized spacial score (nSPS) is 17.9. The minimum Gasteiger partial charge on any atom is -0.388 e. The van der Waals surface area contributed by atoms with Crippen LogP contribution in [0.5, 0.6) is 0 Å². The Morgan fingerprint density at radius 3 is 2.75 bits per heavy atom. The van der Waals surface area contributed by atoms with Gasteiger partial charge in [0.1, 0.15) is 0 Å². The van der Waals surface area contributed by atoms with Crippen LogP contribution in [0.2, 0.25) is 0 Å². The molecule has 20 heavy (non-hydrogen) atoms. The van der Waals surface area contributed by atoms with E-state index in [1.54, 1.807) is 6.08 Å². The van der Waals surface area contributed by atoms with Gasteiger partial charge in [0, 0.05) is 11.1 Å². The number of hydrogen-bond acceptors (Lipinski definition) is 2. The third-order valence-corrected chi connectivity index (χ3v) is 3.97. The molecule has 0 heterocycles. The summed E-state index contributed by atoms with van der Waals surface area (Å²) in [5, 5.41) is 10.2. The third-order valence-electron chi connectivity index (χ3n) is 3.97. The van der Waals surface area contributed by atoms with Crippen LogP contribution in [0.1, 0.15) is 37.3 Å². The Labute approximate surface area is 119 Å². The number of aliphatic hydroxyl groups excluding tert-OH is 1. The monoisotopic (exact) mass is 266 g/mol. The molecule has 0 bridgehead atoms. The molecule has 2 aliphatic carbocycles. The summed E-state index contributed by atoms with van der Waals surface area (Å²) in [5.41, 5.74) is 4.42. The van der Waals surface area contributed by atoms with Crippen molar-refractivity contribution in [3.63, 3.8) is 0 Å². The lowest BCUT2D eigenvalue weighted by atomic mass is 9.87. The van der Waals surface area contributed by atoms with Gasteiger partial charge in [0.15, 0.2) is 5.78 Å². The summed E-state index contributed by atoms with van der Waals surface area (Å²) in [4.78, 5) is 12.5. The van der Waals surface area contributed by atoms with E-state index in [1.807, 2.05) is 36.4 Å². The van der Waals surface area contributed by atoms with Crippen LogP contribution in [0.4, 0.5) is 0 Å². The average Bonchev–Trinajstić information content (AvgIpc) is 2.85. The summed E-state index contributed by atoms with van der Waals surface area (Å²) >= 11 is 0. The van der Waals surface area contributed by atoms with Crippen molar-refractivity contribution in [2.24, 2.45) is 0 Å². The van der Waals surface area contributed by atoms with Crippen LogP contribution >= 0.6 is 0 Å². The molecular formula is C18H18O2. The molecule has 0 spiro atoms. The Morgan fingerprint density at radius 1 is 1.15 bits per heavy atom. The Morgan fingerprint density at radius 2 is 1.95 bits per heavy atom. The number of rotatable bonds is 4. The maximum absolute atomic E-state index is 12.5. The topological polar surface area (TPSA) is 37.3 Å². The van der Waals surface area contributed by atoms with Crippen molar-refractivity contribution >= 4 is 17.4 Å². The van der Waals surface area contributed by atoms with Crippen molar-refractivity contribution in [2.75, 3.05) is 0 Å². The van der Waals surface area contributed by atoms with Crippen LogP contribution in [0.3, 0.4) is 0 Å².